The Bertz CT molecular complexity index is 512. The van der Waals surface area contributed by atoms with Crippen molar-refractivity contribution >= 4 is 18.3 Å². The molecule has 0 radical (unpaired) electrons. The summed E-state index contributed by atoms with van der Waals surface area (Å²) < 4.78 is 10.6. The molecule has 0 spiro atoms. The molecule has 5 nitrogen and oxygen atoms in total. The number of nitrogens with zero attached hydrogens (tertiary/aromatic N) is 1. The highest BCUT2D eigenvalue weighted by Gasteiger charge is 2.38. The molecule has 1 amide bonds. The van der Waals surface area contributed by atoms with E-state index in [1.54, 1.807) is 26.4 Å². The number of carbonyl (C=O) groups is 1. The summed E-state index contributed by atoms with van der Waals surface area (Å²) in [6, 6.07) is 5.43. The number of carbonyl (C=O) groups excluding carboxylic acids is 1. The molecular weight excluding hydrogens is 292 g/mol. The fourth-order valence-corrected chi connectivity index (χ4v) is 3.25. The summed E-state index contributed by atoms with van der Waals surface area (Å²) in [5, 5.41) is 3.38. The van der Waals surface area contributed by atoms with Gasteiger partial charge in [0.1, 0.15) is 0 Å². The summed E-state index contributed by atoms with van der Waals surface area (Å²) in [6.45, 7) is 3.70. The van der Waals surface area contributed by atoms with Crippen molar-refractivity contribution in [1.82, 2.24) is 10.2 Å². The van der Waals surface area contributed by atoms with E-state index in [-0.39, 0.29) is 18.3 Å². The van der Waals surface area contributed by atoms with Crippen LogP contribution in [0.2, 0.25) is 0 Å². The zero-order chi connectivity index (χ0) is 14.1. The number of para-hydroxylation sites is 1. The SMILES string of the molecule is COc1cccc(C(=O)N2C[C@H]3CNC[C@H]3C2)c1OC.Cl. The maximum atomic E-state index is 12.7. The maximum absolute atomic E-state index is 12.7. The molecule has 0 bridgehead atoms. The first kappa shape index (κ1) is 15.9. The summed E-state index contributed by atoms with van der Waals surface area (Å²) in [5.74, 6) is 2.34. The quantitative estimate of drug-likeness (QED) is 0.917. The van der Waals surface area contributed by atoms with E-state index in [9.17, 15) is 4.79 Å². The Labute approximate surface area is 131 Å². The Morgan fingerprint density at radius 1 is 1.19 bits per heavy atom. The van der Waals surface area contributed by atoms with E-state index >= 15 is 0 Å². The van der Waals surface area contributed by atoms with Crippen LogP contribution in [-0.4, -0.2) is 51.2 Å². The van der Waals surface area contributed by atoms with Crippen LogP contribution in [-0.2, 0) is 0 Å². The van der Waals surface area contributed by atoms with Crippen molar-refractivity contribution < 1.29 is 14.3 Å². The first-order valence-corrected chi connectivity index (χ1v) is 6.95. The van der Waals surface area contributed by atoms with Gasteiger partial charge in [-0.15, -0.1) is 12.4 Å². The summed E-state index contributed by atoms with van der Waals surface area (Å²) >= 11 is 0. The number of likely N-dealkylation sites (tertiary alicyclic amines) is 1. The number of nitrogens with one attached hydrogen (secondary N) is 1. The van der Waals surface area contributed by atoms with Crippen LogP contribution in [0.4, 0.5) is 0 Å². The summed E-state index contributed by atoms with van der Waals surface area (Å²) in [6.07, 6.45) is 0. The normalized spacial score (nSPS) is 23.4. The van der Waals surface area contributed by atoms with Crippen molar-refractivity contribution in [3.8, 4) is 11.5 Å². The van der Waals surface area contributed by atoms with E-state index in [0.717, 1.165) is 26.2 Å². The highest BCUT2D eigenvalue weighted by Crippen LogP contribution is 2.34. The number of benzene rings is 1. The number of hydrogen-bond acceptors (Lipinski definition) is 4. The van der Waals surface area contributed by atoms with Gasteiger partial charge in [-0.1, -0.05) is 6.07 Å². The van der Waals surface area contributed by atoms with Crippen LogP contribution in [0.1, 0.15) is 10.4 Å². The molecule has 3 rings (SSSR count). The average Bonchev–Trinajstić information content (AvgIpc) is 3.06. The van der Waals surface area contributed by atoms with Gasteiger partial charge >= 0.3 is 0 Å². The fourth-order valence-electron chi connectivity index (χ4n) is 3.25. The van der Waals surface area contributed by atoms with Crippen molar-refractivity contribution in [1.29, 1.82) is 0 Å². The standard InChI is InChI=1S/C15H20N2O3.ClH/c1-19-13-5-3-4-12(14(13)20-2)15(18)17-8-10-6-16-7-11(10)9-17;/h3-5,10-11,16H,6-9H2,1-2H3;1H/t10-,11+;. The van der Waals surface area contributed by atoms with Gasteiger partial charge in [0.25, 0.3) is 5.91 Å². The van der Waals surface area contributed by atoms with E-state index in [0.29, 0.717) is 28.9 Å². The van der Waals surface area contributed by atoms with Crippen LogP contribution in [0, 0.1) is 11.8 Å². The van der Waals surface area contributed by atoms with Gasteiger partial charge in [0.2, 0.25) is 0 Å². The molecule has 0 unspecified atom stereocenters. The second-order valence-electron chi connectivity index (χ2n) is 5.43. The van der Waals surface area contributed by atoms with Gasteiger partial charge in [0.05, 0.1) is 19.8 Å². The van der Waals surface area contributed by atoms with Crippen molar-refractivity contribution in [2.45, 2.75) is 0 Å². The number of hydrogen-bond donors (Lipinski definition) is 1. The van der Waals surface area contributed by atoms with Gasteiger partial charge in [0.15, 0.2) is 11.5 Å². The average molecular weight is 313 g/mol. The molecule has 2 saturated heterocycles. The topological polar surface area (TPSA) is 50.8 Å². The minimum absolute atomic E-state index is 0. The number of amides is 1. The van der Waals surface area contributed by atoms with E-state index in [1.807, 2.05) is 11.0 Å². The number of ether oxygens (including phenoxy) is 2. The first-order valence-electron chi connectivity index (χ1n) is 6.95. The van der Waals surface area contributed by atoms with Gasteiger partial charge in [-0.2, -0.15) is 0 Å². The van der Waals surface area contributed by atoms with E-state index in [2.05, 4.69) is 5.32 Å². The third-order valence-corrected chi connectivity index (χ3v) is 4.31. The molecule has 21 heavy (non-hydrogen) atoms. The smallest absolute Gasteiger partial charge is 0.257 e. The largest absolute Gasteiger partial charge is 0.493 e. The van der Waals surface area contributed by atoms with Crippen LogP contribution in [0.3, 0.4) is 0 Å². The minimum atomic E-state index is 0. The molecule has 6 heteroatoms. The first-order chi connectivity index (χ1) is 9.74. The van der Waals surface area contributed by atoms with E-state index < -0.39 is 0 Å². The molecule has 1 N–H and O–H groups in total. The molecule has 2 aliphatic heterocycles. The van der Waals surface area contributed by atoms with Crippen molar-refractivity contribution in [2.75, 3.05) is 40.4 Å². The Kier molecular flexibility index (Phi) is 4.96. The molecule has 1 aromatic carbocycles. The molecule has 0 saturated carbocycles. The predicted octanol–water partition coefficient (Wildman–Crippen LogP) is 1.42. The Balaban J connectivity index is 0.00000161. The molecule has 2 aliphatic rings. The lowest BCUT2D eigenvalue weighted by Gasteiger charge is -2.20. The fraction of sp³-hybridized carbons (Fsp3) is 0.533. The zero-order valence-electron chi connectivity index (χ0n) is 12.3. The van der Waals surface area contributed by atoms with Crippen molar-refractivity contribution in [3.63, 3.8) is 0 Å². The molecule has 1 aromatic rings. The second kappa shape index (κ2) is 6.54. The highest BCUT2D eigenvalue weighted by atomic mass is 35.5. The molecule has 116 valence electrons. The molecule has 0 aromatic heterocycles. The number of rotatable bonds is 3. The lowest BCUT2D eigenvalue weighted by atomic mass is 10.0. The molecular formula is C15H21ClN2O3. The highest BCUT2D eigenvalue weighted by molar-refractivity contribution is 5.98. The number of fused-ring (bicyclic) bond motifs is 1. The monoisotopic (exact) mass is 312 g/mol. The molecule has 2 atom stereocenters. The van der Waals surface area contributed by atoms with Crippen LogP contribution in [0.5, 0.6) is 11.5 Å². The molecule has 2 fully saturated rings. The number of halogens is 1. The van der Waals surface area contributed by atoms with Crippen molar-refractivity contribution in [2.24, 2.45) is 11.8 Å². The lowest BCUT2D eigenvalue weighted by Crippen LogP contribution is -2.32. The predicted molar refractivity (Wildman–Crippen MR) is 82.5 cm³/mol. The van der Waals surface area contributed by atoms with Gasteiger partial charge in [-0.25, -0.2) is 0 Å². The summed E-state index contributed by atoms with van der Waals surface area (Å²) in [5.41, 5.74) is 0.583. The second-order valence-corrected chi connectivity index (χ2v) is 5.43. The minimum Gasteiger partial charge on any atom is -0.493 e. The van der Waals surface area contributed by atoms with E-state index in [4.69, 9.17) is 9.47 Å². The van der Waals surface area contributed by atoms with Crippen LogP contribution >= 0.6 is 12.4 Å². The number of methoxy groups -OCH3 is 2. The molecule has 0 aliphatic carbocycles. The summed E-state index contributed by atoms with van der Waals surface area (Å²) in [4.78, 5) is 14.6. The Hall–Kier alpha value is -1.46. The van der Waals surface area contributed by atoms with E-state index in [1.165, 1.54) is 0 Å². The van der Waals surface area contributed by atoms with Gasteiger partial charge in [-0.05, 0) is 24.0 Å². The lowest BCUT2D eigenvalue weighted by molar-refractivity contribution is 0.0777. The zero-order valence-corrected chi connectivity index (χ0v) is 13.1. The Morgan fingerprint density at radius 3 is 2.43 bits per heavy atom. The maximum Gasteiger partial charge on any atom is 0.257 e. The van der Waals surface area contributed by atoms with Crippen molar-refractivity contribution in [3.05, 3.63) is 23.8 Å². The van der Waals surface area contributed by atoms with Crippen LogP contribution < -0.4 is 14.8 Å². The Morgan fingerprint density at radius 2 is 1.86 bits per heavy atom. The van der Waals surface area contributed by atoms with Gasteiger partial charge in [-0.3, -0.25) is 4.79 Å². The van der Waals surface area contributed by atoms with Gasteiger partial charge < -0.3 is 19.7 Å². The van der Waals surface area contributed by atoms with Gasteiger partial charge in [0, 0.05) is 26.2 Å². The third-order valence-electron chi connectivity index (χ3n) is 4.31. The van der Waals surface area contributed by atoms with Crippen LogP contribution in [0.25, 0.3) is 0 Å². The molecule has 2 heterocycles. The third kappa shape index (κ3) is 2.80. The van der Waals surface area contributed by atoms with Crippen LogP contribution in [0.15, 0.2) is 18.2 Å². The summed E-state index contributed by atoms with van der Waals surface area (Å²) in [7, 11) is 3.15.